The third-order valence-electron chi connectivity index (χ3n) is 3.12. The lowest BCUT2D eigenvalue weighted by atomic mass is 9.92. The lowest BCUT2D eigenvalue weighted by Crippen LogP contribution is -2.36. The molecule has 1 N–H and O–H groups in total. The molecule has 1 aliphatic rings. The van der Waals surface area contributed by atoms with Crippen LogP contribution in [0.25, 0.3) is 0 Å². The van der Waals surface area contributed by atoms with Gasteiger partial charge in [-0.3, -0.25) is 4.79 Å². The number of para-hydroxylation sites is 1. The van der Waals surface area contributed by atoms with Crippen LogP contribution >= 0.6 is 11.6 Å². The van der Waals surface area contributed by atoms with Crippen molar-refractivity contribution in [2.24, 2.45) is 0 Å². The van der Waals surface area contributed by atoms with E-state index in [0.717, 1.165) is 11.3 Å². The Balaban J connectivity index is 1.97. The first-order valence-electron chi connectivity index (χ1n) is 6.35. The molecule has 1 amide bonds. The molecular formula is C14H18ClNO3. The average molecular weight is 284 g/mol. The number of carbonyl (C=O) groups is 1. The van der Waals surface area contributed by atoms with Crippen molar-refractivity contribution in [2.45, 2.75) is 17.7 Å². The molecule has 1 aromatic rings. The van der Waals surface area contributed by atoms with Crippen molar-refractivity contribution >= 4 is 17.5 Å². The van der Waals surface area contributed by atoms with Gasteiger partial charge in [0.2, 0.25) is 5.91 Å². The largest absolute Gasteiger partial charge is 0.493 e. The number of carbonyl (C=O) groups excluding carboxylic acids is 1. The smallest absolute Gasteiger partial charge is 0.227 e. The van der Waals surface area contributed by atoms with Crippen LogP contribution in [0.15, 0.2) is 24.3 Å². The number of ether oxygens (including phenoxy) is 2. The van der Waals surface area contributed by atoms with Gasteiger partial charge < -0.3 is 14.8 Å². The van der Waals surface area contributed by atoms with E-state index in [9.17, 15) is 4.79 Å². The van der Waals surface area contributed by atoms with Gasteiger partial charge in [-0.05, 0) is 12.5 Å². The Morgan fingerprint density at radius 2 is 2.37 bits per heavy atom. The minimum absolute atomic E-state index is 0.00231. The SMILES string of the molecule is COCC(Cl)CNC(=O)C1CCOc2ccccc21. The molecular weight excluding hydrogens is 266 g/mol. The first-order chi connectivity index (χ1) is 9.22. The second-order valence-electron chi connectivity index (χ2n) is 4.53. The molecule has 1 aliphatic heterocycles. The number of alkyl halides is 1. The van der Waals surface area contributed by atoms with E-state index in [2.05, 4.69) is 5.32 Å². The molecule has 2 atom stereocenters. The van der Waals surface area contributed by atoms with Crippen LogP contribution in [-0.4, -0.2) is 38.2 Å². The Kier molecular flexibility index (Phi) is 5.05. The van der Waals surface area contributed by atoms with Crippen LogP contribution in [0.1, 0.15) is 17.9 Å². The Hall–Kier alpha value is -1.26. The van der Waals surface area contributed by atoms with E-state index in [-0.39, 0.29) is 17.2 Å². The molecule has 0 aliphatic carbocycles. The van der Waals surface area contributed by atoms with Crippen LogP contribution < -0.4 is 10.1 Å². The summed E-state index contributed by atoms with van der Waals surface area (Å²) in [6.07, 6.45) is 0.695. The zero-order valence-electron chi connectivity index (χ0n) is 10.9. The van der Waals surface area contributed by atoms with Crippen molar-refractivity contribution in [2.75, 3.05) is 26.9 Å². The average Bonchev–Trinajstić information content (AvgIpc) is 2.44. The predicted molar refractivity (Wildman–Crippen MR) is 73.8 cm³/mol. The van der Waals surface area contributed by atoms with Gasteiger partial charge in [0.05, 0.1) is 24.5 Å². The van der Waals surface area contributed by atoms with Crippen LogP contribution in [-0.2, 0) is 9.53 Å². The van der Waals surface area contributed by atoms with Crippen LogP contribution in [0.3, 0.4) is 0 Å². The molecule has 19 heavy (non-hydrogen) atoms. The van der Waals surface area contributed by atoms with Crippen LogP contribution in [0.5, 0.6) is 5.75 Å². The second kappa shape index (κ2) is 6.78. The monoisotopic (exact) mass is 283 g/mol. The summed E-state index contributed by atoms with van der Waals surface area (Å²) in [5.41, 5.74) is 0.948. The Bertz CT molecular complexity index is 438. The summed E-state index contributed by atoms with van der Waals surface area (Å²) >= 11 is 6.00. The van der Waals surface area contributed by atoms with Gasteiger partial charge in [0, 0.05) is 19.2 Å². The van der Waals surface area contributed by atoms with Crippen LogP contribution in [0.2, 0.25) is 0 Å². The number of hydrogen-bond donors (Lipinski definition) is 1. The fourth-order valence-electron chi connectivity index (χ4n) is 2.19. The first kappa shape index (κ1) is 14.2. The first-order valence-corrected chi connectivity index (χ1v) is 6.78. The predicted octanol–water partition coefficient (Wildman–Crippen LogP) is 1.92. The highest BCUT2D eigenvalue weighted by molar-refractivity contribution is 6.21. The number of amides is 1. The number of hydrogen-bond acceptors (Lipinski definition) is 3. The molecule has 1 heterocycles. The molecule has 5 heteroatoms. The van der Waals surface area contributed by atoms with E-state index in [0.29, 0.717) is 26.2 Å². The molecule has 2 rings (SSSR count). The highest BCUT2D eigenvalue weighted by Crippen LogP contribution is 2.33. The highest BCUT2D eigenvalue weighted by Gasteiger charge is 2.27. The molecule has 0 fully saturated rings. The normalized spacial score (nSPS) is 19.2. The van der Waals surface area contributed by atoms with Crippen molar-refractivity contribution in [3.63, 3.8) is 0 Å². The van der Waals surface area contributed by atoms with Crippen LogP contribution in [0, 0.1) is 0 Å². The van der Waals surface area contributed by atoms with Crippen molar-refractivity contribution in [1.29, 1.82) is 0 Å². The molecule has 104 valence electrons. The van der Waals surface area contributed by atoms with Gasteiger partial charge in [-0.1, -0.05) is 18.2 Å². The number of nitrogens with one attached hydrogen (secondary N) is 1. The second-order valence-corrected chi connectivity index (χ2v) is 5.14. The zero-order chi connectivity index (χ0) is 13.7. The zero-order valence-corrected chi connectivity index (χ0v) is 11.7. The van der Waals surface area contributed by atoms with E-state index in [1.165, 1.54) is 0 Å². The summed E-state index contributed by atoms with van der Waals surface area (Å²) < 4.78 is 10.5. The van der Waals surface area contributed by atoms with E-state index in [1.54, 1.807) is 7.11 Å². The summed E-state index contributed by atoms with van der Waals surface area (Å²) in [5, 5.41) is 2.67. The molecule has 4 nitrogen and oxygen atoms in total. The van der Waals surface area contributed by atoms with Crippen molar-refractivity contribution < 1.29 is 14.3 Å². The Labute approximate surface area is 118 Å². The minimum Gasteiger partial charge on any atom is -0.493 e. The Morgan fingerprint density at radius 3 is 3.16 bits per heavy atom. The maximum absolute atomic E-state index is 12.2. The minimum atomic E-state index is -0.205. The van der Waals surface area contributed by atoms with E-state index < -0.39 is 0 Å². The molecule has 1 aromatic carbocycles. The third-order valence-corrected chi connectivity index (χ3v) is 3.40. The number of fused-ring (bicyclic) bond motifs is 1. The van der Waals surface area contributed by atoms with Gasteiger partial charge in [-0.15, -0.1) is 11.6 Å². The van der Waals surface area contributed by atoms with E-state index >= 15 is 0 Å². The molecule has 0 saturated carbocycles. The molecule has 0 radical (unpaired) electrons. The summed E-state index contributed by atoms with van der Waals surface area (Å²) in [6.45, 7) is 1.40. The maximum atomic E-state index is 12.2. The van der Waals surface area contributed by atoms with Crippen molar-refractivity contribution in [3.8, 4) is 5.75 Å². The Morgan fingerprint density at radius 1 is 1.58 bits per heavy atom. The van der Waals surface area contributed by atoms with Crippen LogP contribution in [0.4, 0.5) is 0 Å². The molecule has 0 aromatic heterocycles. The maximum Gasteiger partial charge on any atom is 0.227 e. The number of methoxy groups -OCH3 is 1. The van der Waals surface area contributed by atoms with E-state index in [4.69, 9.17) is 21.1 Å². The standard InChI is InChI=1S/C14H18ClNO3/c1-18-9-10(15)8-16-14(17)12-6-7-19-13-5-3-2-4-11(12)13/h2-5,10,12H,6-9H2,1H3,(H,16,17). The van der Waals surface area contributed by atoms with Gasteiger partial charge in [-0.25, -0.2) is 0 Å². The summed E-state index contributed by atoms with van der Waals surface area (Å²) in [5.74, 6) is 0.641. The van der Waals surface area contributed by atoms with Gasteiger partial charge >= 0.3 is 0 Å². The lowest BCUT2D eigenvalue weighted by Gasteiger charge is -2.25. The summed E-state index contributed by atoms with van der Waals surface area (Å²) in [4.78, 5) is 12.2. The molecule has 0 saturated heterocycles. The van der Waals surface area contributed by atoms with Gasteiger partial charge in [0.25, 0.3) is 0 Å². The topological polar surface area (TPSA) is 47.6 Å². The van der Waals surface area contributed by atoms with Gasteiger partial charge in [0.15, 0.2) is 0 Å². The summed E-state index contributed by atoms with van der Waals surface area (Å²) in [6, 6.07) is 7.66. The van der Waals surface area contributed by atoms with Gasteiger partial charge in [-0.2, -0.15) is 0 Å². The lowest BCUT2D eigenvalue weighted by molar-refractivity contribution is -0.123. The number of benzene rings is 1. The highest BCUT2D eigenvalue weighted by atomic mass is 35.5. The fourth-order valence-corrected chi connectivity index (χ4v) is 2.39. The van der Waals surface area contributed by atoms with E-state index in [1.807, 2.05) is 24.3 Å². The van der Waals surface area contributed by atoms with Gasteiger partial charge in [0.1, 0.15) is 5.75 Å². The third kappa shape index (κ3) is 3.61. The molecule has 0 spiro atoms. The van der Waals surface area contributed by atoms with Crippen molar-refractivity contribution in [1.82, 2.24) is 5.32 Å². The number of halogens is 1. The molecule has 0 bridgehead atoms. The van der Waals surface area contributed by atoms with Crippen molar-refractivity contribution in [3.05, 3.63) is 29.8 Å². The quantitative estimate of drug-likeness (QED) is 0.840. The summed E-state index contributed by atoms with van der Waals surface area (Å²) in [7, 11) is 1.59. The fraction of sp³-hybridized carbons (Fsp3) is 0.500. The number of rotatable bonds is 5. The molecule has 2 unspecified atom stereocenters.